The molecule has 0 unspecified atom stereocenters. The molecule has 0 spiro atoms. The maximum atomic E-state index is 13.8. The Morgan fingerprint density at radius 1 is 0.892 bits per heavy atom. The molecule has 3 rings (SSSR count). The monoisotopic (exact) mass is 581 g/mol. The molecular weight excluding hydrogens is 557 g/mol. The van der Waals surface area contributed by atoms with Crippen molar-refractivity contribution >= 4 is 62.3 Å². The predicted molar refractivity (Wildman–Crippen MR) is 148 cm³/mol. The van der Waals surface area contributed by atoms with E-state index < -0.39 is 28.5 Å². The molecule has 0 radical (unpaired) electrons. The summed E-state index contributed by atoms with van der Waals surface area (Å²) in [7, 11) is -2.72. The number of hydrogen-bond donors (Lipinski definition) is 1. The van der Waals surface area contributed by atoms with Crippen LogP contribution < -0.4 is 9.62 Å². The highest BCUT2D eigenvalue weighted by atomic mass is 35.5. The number of carbonyl (C=O) groups excluding carboxylic acids is 2. The van der Waals surface area contributed by atoms with E-state index in [1.165, 1.54) is 42.3 Å². The van der Waals surface area contributed by atoms with Gasteiger partial charge in [-0.3, -0.25) is 13.9 Å². The molecule has 1 N–H and O–H groups in total. The van der Waals surface area contributed by atoms with E-state index in [0.29, 0.717) is 11.4 Å². The van der Waals surface area contributed by atoms with Gasteiger partial charge in [-0.25, -0.2) is 8.42 Å². The largest absolute Gasteiger partial charge is 0.357 e. The fourth-order valence-electron chi connectivity index (χ4n) is 3.80. The van der Waals surface area contributed by atoms with Crippen LogP contribution in [-0.2, 0) is 26.2 Å². The predicted octanol–water partition coefficient (Wildman–Crippen LogP) is 5.40. The first-order chi connectivity index (χ1) is 17.6. The summed E-state index contributed by atoms with van der Waals surface area (Å²) in [6.45, 7) is 1.25. The van der Waals surface area contributed by atoms with Crippen molar-refractivity contribution in [1.82, 2.24) is 10.2 Å². The molecule has 0 aliphatic heterocycles. The van der Waals surface area contributed by atoms with Crippen molar-refractivity contribution in [2.24, 2.45) is 0 Å². The van der Waals surface area contributed by atoms with Crippen molar-refractivity contribution in [3.63, 3.8) is 0 Å². The van der Waals surface area contributed by atoms with E-state index in [4.69, 9.17) is 34.8 Å². The lowest BCUT2D eigenvalue weighted by Crippen LogP contribution is -2.51. The molecule has 3 aromatic carbocycles. The SMILES string of the molecule is CC[C@H](C(=O)NC)N(Cc1ccc(Cl)cc1)C(=O)CN(c1cc(Cl)cc(Cl)c1)S(=O)(=O)c1ccccc1. The van der Waals surface area contributed by atoms with Gasteiger partial charge in [-0.2, -0.15) is 0 Å². The summed E-state index contributed by atoms with van der Waals surface area (Å²) in [4.78, 5) is 27.9. The number of hydrogen-bond acceptors (Lipinski definition) is 4. The Bertz CT molecular complexity index is 1330. The van der Waals surface area contributed by atoms with E-state index in [2.05, 4.69) is 5.32 Å². The lowest BCUT2D eigenvalue weighted by atomic mass is 10.1. The van der Waals surface area contributed by atoms with E-state index in [1.807, 2.05) is 0 Å². The van der Waals surface area contributed by atoms with Gasteiger partial charge in [0.1, 0.15) is 12.6 Å². The smallest absolute Gasteiger partial charge is 0.264 e. The van der Waals surface area contributed by atoms with Crippen LogP contribution in [0.25, 0.3) is 0 Å². The molecule has 0 fully saturated rings. The second-order valence-corrected chi connectivity index (χ2v) is 11.3. The summed E-state index contributed by atoms with van der Waals surface area (Å²) in [6.07, 6.45) is 0.313. The Hall–Kier alpha value is -2.78. The first-order valence-corrected chi connectivity index (χ1v) is 13.9. The lowest BCUT2D eigenvalue weighted by molar-refractivity contribution is -0.140. The normalized spacial score (nSPS) is 12.0. The summed E-state index contributed by atoms with van der Waals surface area (Å²) < 4.78 is 28.4. The van der Waals surface area contributed by atoms with Crippen LogP contribution >= 0.6 is 34.8 Å². The number of sulfonamides is 1. The third-order valence-electron chi connectivity index (χ3n) is 5.64. The molecule has 3 aromatic rings. The van der Waals surface area contributed by atoms with Crippen LogP contribution in [0.4, 0.5) is 5.69 Å². The first kappa shape index (κ1) is 28.8. The van der Waals surface area contributed by atoms with Gasteiger partial charge in [-0.1, -0.05) is 72.1 Å². The van der Waals surface area contributed by atoms with E-state index in [1.54, 1.807) is 49.4 Å². The highest BCUT2D eigenvalue weighted by molar-refractivity contribution is 7.92. The van der Waals surface area contributed by atoms with E-state index >= 15 is 0 Å². The number of anilines is 1. The second-order valence-electron chi connectivity index (χ2n) is 8.14. The zero-order chi connectivity index (χ0) is 27.2. The average Bonchev–Trinajstić information content (AvgIpc) is 2.87. The summed E-state index contributed by atoms with van der Waals surface area (Å²) in [6, 6.07) is 18.0. The van der Waals surface area contributed by atoms with Crippen LogP contribution in [-0.4, -0.2) is 44.8 Å². The molecule has 1 atom stereocenters. The number of amides is 2. The Morgan fingerprint density at radius 2 is 1.49 bits per heavy atom. The quantitative estimate of drug-likeness (QED) is 0.347. The van der Waals surface area contributed by atoms with Crippen LogP contribution in [0.5, 0.6) is 0 Å². The number of rotatable bonds is 10. The fraction of sp³-hybridized carbons (Fsp3) is 0.231. The molecule has 2 amide bonds. The molecule has 0 aromatic heterocycles. The van der Waals surface area contributed by atoms with E-state index in [9.17, 15) is 18.0 Å². The van der Waals surface area contributed by atoms with Crippen molar-refractivity contribution in [1.29, 1.82) is 0 Å². The minimum Gasteiger partial charge on any atom is -0.357 e. The first-order valence-electron chi connectivity index (χ1n) is 11.4. The third kappa shape index (κ3) is 7.17. The van der Waals surface area contributed by atoms with Crippen molar-refractivity contribution < 1.29 is 18.0 Å². The van der Waals surface area contributed by atoms with Gasteiger partial charge in [0.2, 0.25) is 11.8 Å². The third-order valence-corrected chi connectivity index (χ3v) is 8.12. The molecular formula is C26H26Cl3N3O4S. The summed E-state index contributed by atoms with van der Waals surface area (Å²) in [5.41, 5.74) is 0.845. The van der Waals surface area contributed by atoms with Gasteiger partial charge in [-0.05, 0) is 54.4 Å². The summed E-state index contributed by atoms with van der Waals surface area (Å²) in [5, 5.41) is 3.52. The number of nitrogens with one attached hydrogen (secondary N) is 1. The molecule has 196 valence electrons. The van der Waals surface area contributed by atoms with Gasteiger partial charge in [0, 0.05) is 28.7 Å². The van der Waals surface area contributed by atoms with Gasteiger partial charge in [0.05, 0.1) is 10.6 Å². The van der Waals surface area contributed by atoms with Gasteiger partial charge >= 0.3 is 0 Å². The van der Waals surface area contributed by atoms with Crippen LogP contribution in [0.2, 0.25) is 15.1 Å². The Balaban J connectivity index is 2.07. The molecule has 0 saturated carbocycles. The van der Waals surface area contributed by atoms with E-state index in [-0.39, 0.29) is 33.1 Å². The average molecular weight is 583 g/mol. The second kappa shape index (κ2) is 12.6. The minimum absolute atomic E-state index is 0.0125. The number of nitrogens with zero attached hydrogens (tertiary/aromatic N) is 2. The molecule has 0 heterocycles. The van der Waals surface area contributed by atoms with Crippen molar-refractivity contribution in [3.8, 4) is 0 Å². The van der Waals surface area contributed by atoms with Crippen LogP contribution in [0.1, 0.15) is 18.9 Å². The highest BCUT2D eigenvalue weighted by Crippen LogP contribution is 2.30. The maximum absolute atomic E-state index is 13.8. The molecule has 7 nitrogen and oxygen atoms in total. The zero-order valence-electron chi connectivity index (χ0n) is 20.2. The van der Waals surface area contributed by atoms with Crippen molar-refractivity contribution in [2.75, 3.05) is 17.9 Å². The summed E-state index contributed by atoms with van der Waals surface area (Å²) >= 11 is 18.4. The number of likely N-dealkylation sites (N-methyl/N-ethyl adjacent to an activating group) is 1. The van der Waals surface area contributed by atoms with Gasteiger partial charge in [0.15, 0.2) is 0 Å². The van der Waals surface area contributed by atoms with Gasteiger partial charge < -0.3 is 10.2 Å². The topological polar surface area (TPSA) is 86.8 Å². The van der Waals surface area contributed by atoms with Crippen LogP contribution in [0, 0.1) is 0 Å². The molecule has 37 heavy (non-hydrogen) atoms. The summed E-state index contributed by atoms with van der Waals surface area (Å²) in [5.74, 6) is -0.950. The molecule has 0 aliphatic carbocycles. The minimum atomic E-state index is -4.20. The zero-order valence-corrected chi connectivity index (χ0v) is 23.3. The van der Waals surface area contributed by atoms with Crippen molar-refractivity contribution in [2.45, 2.75) is 30.8 Å². The number of benzene rings is 3. The molecule has 0 aliphatic rings. The Labute approximate surface area is 232 Å². The standard InChI is InChI=1S/C26H26Cl3N3O4S/c1-3-24(26(34)30-2)31(16-18-9-11-19(27)12-10-18)25(33)17-32(22-14-20(28)13-21(29)15-22)37(35,36)23-7-5-4-6-8-23/h4-15,24H,3,16-17H2,1-2H3,(H,30,34)/t24-/m1/s1. The molecule has 0 saturated heterocycles. The van der Waals surface area contributed by atoms with Crippen LogP contribution in [0.3, 0.4) is 0 Å². The van der Waals surface area contributed by atoms with Gasteiger partial charge in [-0.15, -0.1) is 0 Å². The maximum Gasteiger partial charge on any atom is 0.264 e. The Morgan fingerprint density at radius 3 is 2.03 bits per heavy atom. The van der Waals surface area contributed by atoms with Crippen molar-refractivity contribution in [3.05, 3.63) is 93.4 Å². The fourth-order valence-corrected chi connectivity index (χ4v) is 5.86. The molecule has 11 heteroatoms. The number of carbonyl (C=O) groups is 2. The molecule has 0 bridgehead atoms. The highest BCUT2D eigenvalue weighted by Gasteiger charge is 2.33. The lowest BCUT2D eigenvalue weighted by Gasteiger charge is -2.33. The van der Waals surface area contributed by atoms with Gasteiger partial charge in [0.25, 0.3) is 10.0 Å². The Kier molecular flexibility index (Phi) is 9.84. The van der Waals surface area contributed by atoms with Crippen LogP contribution in [0.15, 0.2) is 77.7 Å². The van der Waals surface area contributed by atoms with E-state index in [0.717, 1.165) is 9.87 Å². The number of halogens is 3.